The molecule has 0 atom stereocenters. The minimum Gasteiger partial charge on any atom is -0.448 e. The van der Waals surface area contributed by atoms with E-state index in [-0.39, 0.29) is 16.5 Å². The molecule has 0 amide bonds. The Morgan fingerprint density at radius 2 is 1.84 bits per heavy atom. The molecule has 0 aliphatic rings. The Balaban J connectivity index is 2.46. The van der Waals surface area contributed by atoms with Crippen LogP contribution in [-0.2, 0) is 0 Å². The Hall–Kier alpha value is -1.78. The first-order valence-corrected chi connectivity index (χ1v) is 6.11. The highest BCUT2D eigenvalue weighted by Crippen LogP contribution is 2.39. The van der Waals surface area contributed by atoms with Crippen LogP contribution in [0.3, 0.4) is 0 Å². The molecule has 0 spiro atoms. The van der Waals surface area contributed by atoms with Crippen molar-refractivity contribution in [1.29, 1.82) is 0 Å². The first-order valence-electron chi connectivity index (χ1n) is 5.36. The number of nitro groups is 1. The molecule has 2 aromatic carbocycles. The molecule has 0 N–H and O–H groups in total. The van der Waals surface area contributed by atoms with Gasteiger partial charge in [0.15, 0.2) is 0 Å². The molecule has 0 unspecified atom stereocenters. The lowest BCUT2D eigenvalue weighted by atomic mass is 10.2. The maximum Gasteiger partial charge on any atom is 0.329 e. The first-order chi connectivity index (χ1) is 8.99. The van der Waals surface area contributed by atoms with Crippen LogP contribution in [0.1, 0.15) is 5.56 Å². The maximum absolute atomic E-state index is 11.0. The number of hydrogen-bond donors (Lipinski definition) is 0. The summed E-state index contributed by atoms with van der Waals surface area (Å²) in [5.41, 5.74) is 0.658. The number of halogens is 2. The molecule has 0 radical (unpaired) electrons. The summed E-state index contributed by atoms with van der Waals surface area (Å²) in [5.74, 6) is 0.414. The van der Waals surface area contributed by atoms with E-state index in [9.17, 15) is 10.1 Å². The van der Waals surface area contributed by atoms with Crippen molar-refractivity contribution in [3.8, 4) is 11.5 Å². The summed E-state index contributed by atoms with van der Waals surface area (Å²) in [6.07, 6.45) is 0. The number of hydrogen-bond acceptors (Lipinski definition) is 3. The molecular weight excluding hydrogens is 289 g/mol. The fourth-order valence-corrected chi connectivity index (χ4v) is 1.95. The third kappa shape index (κ3) is 2.97. The summed E-state index contributed by atoms with van der Waals surface area (Å²) >= 11 is 11.8. The van der Waals surface area contributed by atoms with Gasteiger partial charge in [-0.3, -0.25) is 10.1 Å². The van der Waals surface area contributed by atoms with Gasteiger partial charge in [0.1, 0.15) is 10.8 Å². The minimum atomic E-state index is -0.582. The Bertz CT molecular complexity index is 644. The average molecular weight is 298 g/mol. The van der Waals surface area contributed by atoms with Gasteiger partial charge in [-0.2, -0.15) is 0 Å². The van der Waals surface area contributed by atoms with E-state index >= 15 is 0 Å². The van der Waals surface area contributed by atoms with E-state index < -0.39 is 4.92 Å². The summed E-state index contributed by atoms with van der Waals surface area (Å²) in [4.78, 5) is 10.4. The standard InChI is InChI=1S/C13H9Cl2NO3/c1-8-5-6-9(14)12(7-8)19-11-4-2-3-10(15)13(11)16(17)18/h2-7H,1H3. The zero-order chi connectivity index (χ0) is 14.0. The average Bonchev–Trinajstić information content (AvgIpc) is 2.33. The smallest absolute Gasteiger partial charge is 0.329 e. The van der Waals surface area contributed by atoms with Crippen molar-refractivity contribution in [1.82, 2.24) is 0 Å². The van der Waals surface area contributed by atoms with Crippen molar-refractivity contribution >= 4 is 28.9 Å². The van der Waals surface area contributed by atoms with Gasteiger partial charge in [0.25, 0.3) is 0 Å². The van der Waals surface area contributed by atoms with Crippen molar-refractivity contribution < 1.29 is 9.66 Å². The molecule has 0 aliphatic carbocycles. The Morgan fingerprint density at radius 1 is 1.11 bits per heavy atom. The predicted molar refractivity (Wildman–Crippen MR) is 74.4 cm³/mol. The molecule has 0 bridgehead atoms. The van der Waals surface area contributed by atoms with Crippen LogP contribution in [0.4, 0.5) is 5.69 Å². The molecule has 4 nitrogen and oxygen atoms in total. The third-order valence-corrected chi connectivity index (χ3v) is 3.06. The number of ether oxygens (including phenoxy) is 1. The van der Waals surface area contributed by atoms with Crippen LogP contribution in [0.2, 0.25) is 10.0 Å². The zero-order valence-corrected chi connectivity index (χ0v) is 11.4. The number of nitro benzene ring substituents is 1. The monoisotopic (exact) mass is 297 g/mol. The van der Waals surface area contributed by atoms with E-state index in [2.05, 4.69) is 0 Å². The predicted octanol–water partition coefficient (Wildman–Crippen LogP) is 5.00. The maximum atomic E-state index is 11.0. The molecule has 2 aromatic rings. The molecule has 0 saturated carbocycles. The SMILES string of the molecule is Cc1ccc(Cl)c(Oc2cccc(Cl)c2[N+](=O)[O-])c1. The summed E-state index contributed by atoms with van der Waals surface area (Å²) in [6, 6.07) is 9.68. The second-order valence-corrected chi connectivity index (χ2v) is 4.69. The van der Waals surface area contributed by atoms with Crippen LogP contribution >= 0.6 is 23.2 Å². The van der Waals surface area contributed by atoms with E-state index in [1.54, 1.807) is 18.2 Å². The number of benzene rings is 2. The van der Waals surface area contributed by atoms with Crippen molar-refractivity contribution in [3.05, 3.63) is 62.1 Å². The van der Waals surface area contributed by atoms with Gasteiger partial charge in [0, 0.05) is 0 Å². The van der Waals surface area contributed by atoms with Gasteiger partial charge in [-0.05, 0) is 36.8 Å². The largest absolute Gasteiger partial charge is 0.448 e. The molecular formula is C13H9Cl2NO3. The van der Waals surface area contributed by atoms with Gasteiger partial charge in [-0.15, -0.1) is 0 Å². The fourth-order valence-electron chi connectivity index (χ4n) is 1.56. The topological polar surface area (TPSA) is 52.4 Å². The first kappa shape index (κ1) is 13.6. The van der Waals surface area contributed by atoms with Gasteiger partial charge in [0.05, 0.1) is 9.95 Å². The second kappa shape index (κ2) is 5.47. The summed E-state index contributed by atoms with van der Waals surface area (Å²) in [7, 11) is 0. The second-order valence-electron chi connectivity index (χ2n) is 3.88. The zero-order valence-electron chi connectivity index (χ0n) is 9.89. The molecule has 0 aliphatic heterocycles. The number of para-hydroxylation sites is 1. The van der Waals surface area contributed by atoms with Gasteiger partial charge in [-0.1, -0.05) is 35.3 Å². The number of rotatable bonds is 3. The van der Waals surface area contributed by atoms with Crippen molar-refractivity contribution in [3.63, 3.8) is 0 Å². The van der Waals surface area contributed by atoms with E-state index in [1.165, 1.54) is 12.1 Å². The van der Waals surface area contributed by atoms with Crippen LogP contribution in [0.15, 0.2) is 36.4 Å². The molecule has 6 heteroatoms. The number of aryl methyl sites for hydroxylation is 1. The summed E-state index contributed by atoms with van der Waals surface area (Å²) in [5, 5.41) is 11.4. The van der Waals surface area contributed by atoms with Crippen molar-refractivity contribution in [2.45, 2.75) is 6.92 Å². The molecule has 19 heavy (non-hydrogen) atoms. The van der Waals surface area contributed by atoms with E-state index in [4.69, 9.17) is 27.9 Å². The lowest BCUT2D eigenvalue weighted by Crippen LogP contribution is -1.95. The normalized spacial score (nSPS) is 10.3. The summed E-state index contributed by atoms with van der Waals surface area (Å²) < 4.78 is 5.51. The van der Waals surface area contributed by atoms with Gasteiger partial charge < -0.3 is 4.74 Å². The molecule has 98 valence electrons. The lowest BCUT2D eigenvalue weighted by molar-refractivity contribution is -0.385. The molecule has 0 fully saturated rings. The molecule has 0 heterocycles. The van der Waals surface area contributed by atoms with Crippen LogP contribution < -0.4 is 4.74 Å². The van der Waals surface area contributed by atoms with Gasteiger partial charge >= 0.3 is 5.69 Å². The van der Waals surface area contributed by atoms with E-state index in [0.29, 0.717) is 10.8 Å². The van der Waals surface area contributed by atoms with Crippen LogP contribution in [0.25, 0.3) is 0 Å². The van der Waals surface area contributed by atoms with Crippen LogP contribution in [-0.4, -0.2) is 4.92 Å². The molecule has 0 aromatic heterocycles. The van der Waals surface area contributed by atoms with Crippen molar-refractivity contribution in [2.75, 3.05) is 0 Å². The third-order valence-electron chi connectivity index (χ3n) is 2.44. The Labute approximate surface area is 119 Å². The van der Waals surface area contributed by atoms with Gasteiger partial charge in [0.2, 0.25) is 5.75 Å². The quantitative estimate of drug-likeness (QED) is 0.591. The molecule has 0 saturated heterocycles. The van der Waals surface area contributed by atoms with E-state index in [1.807, 2.05) is 13.0 Å². The highest BCUT2D eigenvalue weighted by molar-refractivity contribution is 6.33. The van der Waals surface area contributed by atoms with Gasteiger partial charge in [-0.25, -0.2) is 0 Å². The highest BCUT2D eigenvalue weighted by atomic mass is 35.5. The van der Waals surface area contributed by atoms with Crippen LogP contribution in [0, 0.1) is 17.0 Å². The Morgan fingerprint density at radius 3 is 2.53 bits per heavy atom. The van der Waals surface area contributed by atoms with Crippen molar-refractivity contribution in [2.24, 2.45) is 0 Å². The highest BCUT2D eigenvalue weighted by Gasteiger charge is 2.20. The fraction of sp³-hybridized carbons (Fsp3) is 0.0769. The van der Waals surface area contributed by atoms with E-state index in [0.717, 1.165) is 5.56 Å². The Kier molecular flexibility index (Phi) is 3.93. The van der Waals surface area contributed by atoms with Crippen LogP contribution in [0.5, 0.6) is 11.5 Å². The lowest BCUT2D eigenvalue weighted by Gasteiger charge is -2.09. The minimum absolute atomic E-state index is 0.0197. The number of nitrogens with zero attached hydrogens (tertiary/aromatic N) is 1. The molecule has 2 rings (SSSR count). The summed E-state index contributed by atoms with van der Waals surface area (Å²) in [6.45, 7) is 1.87.